The van der Waals surface area contributed by atoms with Gasteiger partial charge >= 0.3 is 0 Å². The lowest BCUT2D eigenvalue weighted by molar-refractivity contribution is -0.134. The number of carbonyl (C=O) groups excluding carboxylic acids is 2. The number of nitrogens with zero attached hydrogens (tertiary/aromatic N) is 2. The number of piperidine rings is 1. The number of hydrogen-bond acceptors (Lipinski definition) is 3. The summed E-state index contributed by atoms with van der Waals surface area (Å²) in [5.41, 5.74) is 0. The molecule has 1 fully saturated rings. The fourth-order valence-electron chi connectivity index (χ4n) is 3.09. The predicted molar refractivity (Wildman–Crippen MR) is 104 cm³/mol. The Morgan fingerprint density at radius 3 is 2.40 bits per heavy atom. The molecule has 0 radical (unpaired) electrons. The molecule has 0 unspecified atom stereocenters. The van der Waals surface area contributed by atoms with Crippen molar-refractivity contribution in [1.29, 1.82) is 0 Å². The molecule has 0 N–H and O–H groups in total. The van der Waals surface area contributed by atoms with Gasteiger partial charge in [-0.2, -0.15) is 0 Å². The molecule has 1 aliphatic rings. The summed E-state index contributed by atoms with van der Waals surface area (Å²) in [6, 6.07) is 3.38. The zero-order valence-corrected chi connectivity index (χ0v) is 16.9. The van der Waals surface area contributed by atoms with E-state index in [0.717, 1.165) is 4.70 Å². The van der Waals surface area contributed by atoms with Crippen LogP contribution in [0.25, 0.3) is 10.1 Å². The number of amides is 2. The molecule has 1 aliphatic heterocycles. The molecule has 134 valence electrons. The van der Waals surface area contributed by atoms with Crippen LogP contribution in [-0.4, -0.2) is 48.8 Å². The minimum absolute atomic E-state index is 0.0230. The minimum atomic E-state index is -0.117. The summed E-state index contributed by atoms with van der Waals surface area (Å²) < 4.78 is 0.795. The zero-order valence-electron chi connectivity index (χ0n) is 13.8. The van der Waals surface area contributed by atoms with Crippen molar-refractivity contribution in [1.82, 2.24) is 9.80 Å². The molecule has 1 saturated heterocycles. The van der Waals surface area contributed by atoms with Crippen LogP contribution in [0.15, 0.2) is 12.1 Å². The molecule has 0 spiro atoms. The molecule has 2 amide bonds. The van der Waals surface area contributed by atoms with Crippen molar-refractivity contribution >= 4 is 68.0 Å². The molecule has 1 aromatic carbocycles. The Hall–Kier alpha value is -1.01. The third-order valence-electron chi connectivity index (χ3n) is 4.42. The van der Waals surface area contributed by atoms with Crippen LogP contribution in [0, 0.1) is 5.92 Å². The number of benzene rings is 1. The first-order valence-corrected chi connectivity index (χ1v) is 9.82. The summed E-state index contributed by atoms with van der Waals surface area (Å²) in [6.45, 7) is 1.09. The van der Waals surface area contributed by atoms with Crippen LogP contribution in [0.1, 0.15) is 22.5 Å². The Bertz CT molecular complexity index is 842. The van der Waals surface area contributed by atoms with Gasteiger partial charge < -0.3 is 9.80 Å². The third kappa shape index (κ3) is 3.61. The molecule has 0 aliphatic carbocycles. The number of fused-ring (bicyclic) bond motifs is 1. The number of hydrogen-bond donors (Lipinski definition) is 0. The fourth-order valence-corrected chi connectivity index (χ4v) is 5.43. The average molecular weight is 420 g/mol. The van der Waals surface area contributed by atoms with Crippen LogP contribution in [0.5, 0.6) is 0 Å². The molecule has 4 nitrogen and oxygen atoms in total. The van der Waals surface area contributed by atoms with Gasteiger partial charge in [-0.05, 0) is 25.0 Å². The first-order valence-electron chi connectivity index (χ1n) is 7.87. The monoisotopic (exact) mass is 418 g/mol. The van der Waals surface area contributed by atoms with Crippen molar-refractivity contribution in [3.05, 3.63) is 32.1 Å². The lowest BCUT2D eigenvalue weighted by atomic mass is 9.95. The minimum Gasteiger partial charge on any atom is -0.349 e. The lowest BCUT2D eigenvalue weighted by Gasteiger charge is -2.32. The van der Waals surface area contributed by atoms with Crippen LogP contribution in [0.4, 0.5) is 0 Å². The van der Waals surface area contributed by atoms with Crippen LogP contribution in [0.3, 0.4) is 0 Å². The molecule has 1 aromatic heterocycles. The van der Waals surface area contributed by atoms with Crippen molar-refractivity contribution in [2.75, 3.05) is 27.2 Å². The standard InChI is InChI=1S/C17H17Cl3N2O2S/c1-21(2)16(23)9-3-5-22(6-4-9)17(24)15-14(20)13-11(19)7-10(18)8-12(13)25-15/h7-9H,3-6H2,1-2H3. The van der Waals surface area contributed by atoms with Crippen molar-refractivity contribution in [3.8, 4) is 0 Å². The fraction of sp³-hybridized carbons (Fsp3) is 0.412. The van der Waals surface area contributed by atoms with Crippen molar-refractivity contribution in [3.63, 3.8) is 0 Å². The predicted octanol–water partition coefficient (Wildman–Crippen LogP) is 4.80. The lowest BCUT2D eigenvalue weighted by Crippen LogP contribution is -2.42. The molecule has 25 heavy (non-hydrogen) atoms. The molecule has 3 rings (SSSR count). The van der Waals surface area contributed by atoms with E-state index in [2.05, 4.69) is 0 Å². The maximum atomic E-state index is 12.9. The highest BCUT2D eigenvalue weighted by atomic mass is 35.5. The Morgan fingerprint density at radius 1 is 1.16 bits per heavy atom. The molecular formula is C17H17Cl3N2O2S. The second-order valence-electron chi connectivity index (χ2n) is 6.31. The maximum absolute atomic E-state index is 12.9. The van der Waals surface area contributed by atoms with Gasteiger partial charge in [0.05, 0.1) is 10.0 Å². The van der Waals surface area contributed by atoms with Crippen LogP contribution in [0.2, 0.25) is 15.1 Å². The number of likely N-dealkylation sites (tertiary alicyclic amines) is 1. The smallest absolute Gasteiger partial charge is 0.265 e. The largest absolute Gasteiger partial charge is 0.349 e. The van der Waals surface area contributed by atoms with Crippen LogP contribution >= 0.6 is 46.1 Å². The van der Waals surface area contributed by atoms with Crippen molar-refractivity contribution in [2.45, 2.75) is 12.8 Å². The summed E-state index contributed by atoms with van der Waals surface area (Å²) in [5.74, 6) is -0.0206. The van der Waals surface area contributed by atoms with E-state index in [1.165, 1.54) is 11.3 Å². The van der Waals surface area contributed by atoms with Gasteiger partial charge in [0.1, 0.15) is 4.88 Å². The van der Waals surface area contributed by atoms with Gasteiger partial charge in [-0.25, -0.2) is 0 Å². The second-order valence-corrected chi connectivity index (χ2v) is 8.58. The highest BCUT2D eigenvalue weighted by Crippen LogP contribution is 2.41. The number of rotatable bonds is 2. The van der Waals surface area contributed by atoms with E-state index >= 15 is 0 Å². The van der Waals surface area contributed by atoms with Gasteiger partial charge in [-0.1, -0.05) is 34.8 Å². The first-order chi connectivity index (χ1) is 11.8. The van der Waals surface area contributed by atoms with E-state index in [4.69, 9.17) is 34.8 Å². The zero-order chi connectivity index (χ0) is 18.3. The highest BCUT2D eigenvalue weighted by Gasteiger charge is 2.30. The Morgan fingerprint density at radius 2 is 1.80 bits per heavy atom. The van der Waals surface area contributed by atoms with E-state index < -0.39 is 0 Å². The van der Waals surface area contributed by atoms with E-state index in [1.807, 2.05) is 0 Å². The highest BCUT2D eigenvalue weighted by molar-refractivity contribution is 7.21. The Labute approximate surface area is 165 Å². The quantitative estimate of drug-likeness (QED) is 0.701. The van der Waals surface area contributed by atoms with Crippen molar-refractivity contribution < 1.29 is 9.59 Å². The number of halogens is 3. The Kier molecular flexibility index (Phi) is 5.49. The van der Waals surface area contributed by atoms with E-state index in [0.29, 0.717) is 51.3 Å². The van der Waals surface area contributed by atoms with Gasteiger partial charge in [0, 0.05) is 48.2 Å². The number of carbonyl (C=O) groups is 2. The molecule has 0 bridgehead atoms. The van der Waals surface area contributed by atoms with E-state index in [1.54, 1.807) is 36.0 Å². The summed E-state index contributed by atoms with van der Waals surface area (Å²) in [4.78, 5) is 28.8. The van der Waals surface area contributed by atoms with Crippen LogP contribution in [-0.2, 0) is 4.79 Å². The van der Waals surface area contributed by atoms with Crippen molar-refractivity contribution in [2.24, 2.45) is 5.92 Å². The first kappa shape index (κ1) is 18.8. The molecule has 2 aromatic rings. The summed E-state index contributed by atoms with van der Waals surface area (Å²) in [6.07, 6.45) is 1.33. The Balaban J connectivity index is 1.81. The average Bonchev–Trinajstić information content (AvgIpc) is 2.90. The maximum Gasteiger partial charge on any atom is 0.265 e. The normalized spacial score (nSPS) is 15.6. The van der Waals surface area contributed by atoms with E-state index in [-0.39, 0.29) is 17.7 Å². The van der Waals surface area contributed by atoms with Gasteiger partial charge in [0.15, 0.2) is 0 Å². The molecule has 8 heteroatoms. The van der Waals surface area contributed by atoms with Gasteiger partial charge in [0.25, 0.3) is 5.91 Å². The summed E-state index contributed by atoms with van der Waals surface area (Å²) in [5, 5.41) is 1.99. The summed E-state index contributed by atoms with van der Waals surface area (Å²) in [7, 11) is 3.51. The van der Waals surface area contributed by atoms with Crippen LogP contribution < -0.4 is 0 Å². The molecular weight excluding hydrogens is 403 g/mol. The SMILES string of the molecule is CN(C)C(=O)C1CCN(C(=O)c2sc3cc(Cl)cc(Cl)c3c2Cl)CC1. The molecule has 0 saturated carbocycles. The topological polar surface area (TPSA) is 40.6 Å². The van der Waals surface area contributed by atoms with Gasteiger partial charge in [-0.3, -0.25) is 9.59 Å². The van der Waals surface area contributed by atoms with Gasteiger partial charge in [0.2, 0.25) is 5.91 Å². The molecule has 2 heterocycles. The molecule has 0 atom stereocenters. The van der Waals surface area contributed by atoms with Gasteiger partial charge in [-0.15, -0.1) is 11.3 Å². The summed E-state index contributed by atoms with van der Waals surface area (Å²) >= 11 is 20.0. The number of thiophene rings is 1. The third-order valence-corrected chi connectivity index (χ3v) is 6.55. The second kappa shape index (κ2) is 7.31. The van der Waals surface area contributed by atoms with E-state index in [9.17, 15) is 9.59 Å².